The number of halogens is 1. The van der Waals surface area contributed by atoms with Crippen LogP contribution >= 0.6 is 11.6 Å². The average Bonchev–Trinajstić information content (AvgIpc) is 2.81. The molecule has 3 aromatic carbocycles. The summed E-state index contributed by atoms with van der Waals surface area (Å²) in [5, 5.41) is 6.99. The maximum Gasteiger partial charge on any atom is 0.271 e. The quantitative estimate of drug-likeness (QED) is 0.371. The summed E-state index contributed by atoms with van der Waals surface area (Å²) in [6, 6.07) is 17.6. The van der Waals surface area contributed by atoms with Gasteiger partial charge in [0, 0.05) is 11.3 Å². The first-order valence-corrected chi connectivity index (χ1v) is 10.5. The van der Waals surface area contributed by atoms with Crippen molar-refractivity contribution in [3.63, 3.8) is 0 Å². The topological polar surface area (TPSA) is 89.0 Å². The second kappa shape index (κ2) is 11.2. The number of nitrogens with one attached hydrogen (secondary N) is 2. The lowest BCUT2D eigenvalue weighted by atomic mass is 10.1. The zero-order valence-electron chi connectivity index (χ0n) is 18.5. The third kappa shape index (κ3) is 6.57. The number of benzene rings is 3. The van der Waals surface area contributed by atoms with Gasteiger partial charge in [-0.25, -0.2) is 5.43 Å². The Bertz CT molecular complexity index is 1180. The third-order valence-corrected chi connectivity index (χ3v) is 5.09. The van der Waals surface area contributed by atoms with Crippen molar-refractivity contribution in [2.45, 2.75) is 13.8 Å². The van der Waals surface area contributed by atoms with E-state index < -0.39 is 0 Å². The van der Waals surface area contributed by atoms with E-state index in [9.17, 15) is 9.59 Å². The summed E-state index contributed by atoms with van der Waals surface area (Å²) in [4.78, 5) is 24.4. The summed E-state index contributed by atoms with van der Waals surface area (Å²) in [5.41, 5.74) is 6.44. The largest absolute Gasteiger partial charge is 0.493 e. The highest BCUT2D eigenvalue weighted by molar-refractivity contribution is 6.32. The fourth-order valence-corrected chi connectivity index (χ4v) is 3.20. The number of hydrazone groups is 1. The molecule has 0 saturated heterocycles. The SMILES string of the molecule is COc1cc(/C=N/NC(=O)c2ccccc2)cc(Cl)c1OCC(=O)Nc1ccc(C)c(C)c1. The van der Waals surface area contributed by atoms with Gasteiger partial charge < -0.3 is 14.8 Å². The predicted molar refractivity (Wildman–Crippen MR) is 130 cm³/mol. The second-order valence-corrected chi connectivity index (χ2v) is 7.64. The van der Waals surface area contributed by atoms with Crippen LogP contribution in [0.4, 0.5) is 5.69 Å². The molecule has 3 aromatic rings. The zero-order chi connectivity index (χ0) is 23.8. The van der Waals surface area contributed by atoms with E-state index in [2.05, 4.69) is 15.8 Å². The van der Waals surface area contributed by atoms with Gasteiger partial charge in [-0.3, -0.25) is 9.59 Å². The van der Waals surface area contributed by atoms with Crippen molar-refractivity contribution >= 4 is 35.3 Å². The Balaban J connectivity index is 1.63. The lowest BCUT2D eigenvalue weighted by molar-refractivity contribution is -0.118. The molecule has 0 heterocycles. The van der Waals surface area contributed by atoms with Crippen molar-refractivity contribution in [1.29, 1.82) is 0 Å². The summed E-state index contributed by atoms with van der Waals surface area (Å²) in [7, 11) is 1.46. The van der Waals surface area contributed by atoms with Gasteiger partial charge in [0.05, 0.1) is 18.3 Å². The van der Waals surface area contributed by atoms with Crippen LogP contribution < -0.4 is 20.2 Å². The molecule has 8 heteroatoms. The highest BCUT2D eigenvalue weighted by Gasteiger charge is 2.14. The summed E-state index contributed by atoms with van der Waals surface area (Å²) in [6.45, 7) is 3.73. The lowest BCUT2D eigenvalue weighted by Crippen LogP contribution is -2.20. The Morgan fingerprint density at radius 2 is 1.79 bits per heavy atom. The minimum absolute atomic E-state index is 0.236. The highest BCUT2D eigenvalue weighted by Crippen LogP contribution is 2.36. The Morgan fingerprint density at radius 1 is 1.03 bits per heavy atom. The number of methoxy groups -OCH3 is 1. The van der Waals surface area contributed by atoms with E-state index in [0.717, 1.165) is 11.1 Å². The number of carbonyl (C=O) groups excluding carboxylic acids is 2. The number of hydrogen-bond donors (Lipinski definition) is 2. The van der Waals surface area contributed by atoms with Gasteiger partial charge in [0.25, 0.3) is 11.8 Å². The molecule has 0 spiro atoms. The van der Waals surface area contributed by atoms with Crippen molar-refractivity contribution < 1.29 is 19.1 Å². The minimum atomic E-state index is -0.334. The van der Waals surface area contributed by atoms with Crippen LogP contribution in [-0.2, 0) is 4.79 Å². The molecule has 0 atom stereocenters. The first-order valence-electron chi connectivity index (χ1n) is 10.1. The molecule has 0 aliphatic carbocycles. The predicted octanol–water partition coefficient (Wildman–Crippen LogP) is 4.75. The number of hydrogen-bond acceptors (Lipinski definition) is 5. The molecule has 2 N–H and O–H groups in total. The van der Waals surface area contributed by atoms with E-state index in [1.165, 1.54) is 13.3 Å². The fourth-order valence-electron chi connectivity index (χ4n) is 2.93. The smallest absolute Gasteiger partial charge is 0.271 e. The van der Waals surface area contributed by atoms with Crippen LogP contribution in [0.15, 0.2) is 65.8 Å². The first-order chi connectivity index (χ1) is 15.9. The van der Waals surface area contributed by atoms with E-state index in [-0.39, 0.29) is 29.2 Å². The van der Waals surface area contributed by atoms with Gasteiger partial charge >= 0.3 is 0 Å². The normalized spacial score (nSPS) is 10.7. The molecular weight excluding hydrogens is 442 g/mol. The summed E-state index contributed by atoms with van der Waals surface area (Å²) in [5.74, 6) is -0.0949. The second-order valence-electron chi connectivity index (χ2n) is 7.24. The Labute approximate surface area is 197 Å². The van der Waals surface area contributed by atoms with Gasteiger partial charge in [0.15, 0.2) is 18.1 Å². The van der Waals surface area contributed by atoms with Crippen LogP contribution in [0, 0.1) is 13.8 Å². The van der Waals surface area contributed by atoms with Crippen LogP contribution in [0.5, 0.6) is 11.5 Å². The van der Waals surface area contributed by atoms with Gasteiger partial charge in [-0.2, -0.15) is 5.10 Å². The molecule has 7 nitrogen and oxygen atoms in total. The number of rotatable bonds is 8. The average molecular weight is 466 g/mol. The molecule has 0 aliphatic heterocycles. The standard InChI is InChI=1S/C25H24ClN3O4/c1-16-9-10-20(11-17(16)2)28-23(30)15-33-24-21(26)12-18(13-22(24)32-3)14-27-29-25(31)19-7-5-4-6-8-19/h4-14H,15H2,1-3H3,(H,28,30)(H,29,31)/b27-14+. The maximum absolute atomic E-state index is 12.3. The van der Waals surface area contributed by atoms with Crippen LogP contribution in [0.1, 0.15) is 27.0 Å². The zero-order valence-corrected chi connectivity index (χ0v) is 19.3. The first kappa shape index (κ1) is 23.8. The molecule has 0 saturated carbocycles. The molecule has 3 rings (SSSR count). The third-order valence-electron chi connectivity index (χ3n) is 4.81. The molecule has 0 radical (unpaired) electrons. The van der Waals surface area contributed by atoms with Gasteiger partial charge in [0.1, 0.15) is 0 Å². The monoisotopic (exact) mass is 465 g/mol. The molecular formula is C25H24ClN3O4. The molecule has 33 heavy (non-hydrogen) atoms. The molecule has 0 fully saturated rings. The number of ether oxygens (including phenoxy) is 2. The summed E-state index contributed by atoms with van der Waals surface area (Å²) in [6.07, 6.45) is 1.44. The van der Waals surface area contributed by atoms with E-state index in [1.54, 1.807) is 36.4 Å². The van der Waals surface area contributed by atoms with Crippen molar-refractivity contribution in [2.75, 3.05) is 19.0 Å². The van der Waals surface area contributed by atoms with Gasteiger partial charge in [0.2, 0.25) is 0 Å². The fraction of sp³-hybridized carbons (Fsp3) is 0.160. The van der Waals surface area contributed by atoms with E-state index in [0.29, 0.717) is 22.6 Å². The number of carbonyl (C=O) groups is 2. The number of nitrogens with zero attached hydrogens (tertiary/aromatic N) is 1. The molecule has 0 unspecified atom stereocenters. The van der Waals surface area contributed by atoms with E-state index in [4.69, 9.17) is 21.1 Å². The van der Waals surface area contributed by atoms with Crippen LogP contribution in [-0.4, -0.2) is 31.7 Å². The lowest BCUT2D eigenvalue weighted by Gasteiger charge is -2.13. The summed E-state index contributed by atoms with van der Waals surface area (Å²) >= 11 is 6.35. The van der Waals surface area contributed by atoms with Crippen molar-refractivity contribution in [3.05, 3.63) is 87.9 Å². The number of anilines is 1. The molecule has 2 amide bonds. The Hall–Kier alpha value is -3.84. The number of amides is 2. The van der Waals surface area contributed by atoms with Crippen molar-refractivity contribution in [2.24, 2.45) is 5.10 Å². The molecule has 0 aliphatic rings. The minimum Gasteiger partial charge on any atom is -0.493 e. The highest BCUT2D eigenvalue weighted by atomic mass is 35.5. The van der Waals surface area contributed by atoms with Crippen LogP contribution in [0.2, 0.25) is 5.02 Å². The Morgan fingerprint density at radius 3 is 2.48 bits per heavy atom. The van der Waals surface area contributed by atoms with Crippen molar-refractivity contribution in [1.82, 2.24) is 5.43 Å². The summed E-state index contributed by atoms with van der Waals surface area (Å²) < 4.78 is 11.0. The van der Waals surface area contributed by atoms with E-state index in [1.807, 2.05) is 38.1 Å². The van der Waals surface area contributed by atoms with Crippen LogP contribution in [0.3, 0.4) is 0 Å². The number of aryl methyl sites for hydroxylation is 2. The van der Waals surface area contributed by atoms with Gasteiger partial charge in [-0.05, 0) is 66.9 Å². The van der Waals surface area contributed by atoms with Gasteiger partial charge in [-0.15, -0.1) is 0 Å². The maximum atomic E-state index is 12.3. The molecule has 170 valence electrons. The van der Waals surface area contributed by atoms with Gasteiger partial charge in [-0.1, -0.05) is 35.9 Å². The molecule has 0 bridgehead atoms. The van der Waals surface area contributed by atoms with Crippen molar-refractivity contribution in [3.8, 4) is 11.5 Å². The Kier molecular flexibility index (Phi) is 8.05. The van der Waals surface area contributed by atoms with Crippen LogP contribution in [0.25, 0.3) is 0 Å². The molecule has 0 aromatic heterocycles. The van der Waals surface area contributed by atoms with E-state index >= 15 is 0 Å².